The second-order valence-corrected chi connectivity index (χ2v) is 19.7. The van der Waals surface area contributed by atoms with Gasteiger partial charge in [-0.2, -0.15) is 40.2 Å². The number of fused-ring (bicyclic) bond motifs is 1. The molecule has 79 heavy (non-hydrogen) atoms. The second-order valence-electron chi connectivity index (χ2n) is 19.7. The Bertz CT molecular complexity index is 3090. The molecule has 0 aliphatic carbocycles. The van der Waals surface area contributed by atoms with E-state index in [1.54, 1.807) is 47.0 Å². The summed E-state index contributed by atoms with van der Waals surface area (Å²) in [5, 5.41) is 30.7. The van der Waals surface area contributed by atoms with Gasteiger partial charge in [-0.15, -0.1) is 0 Å². The van der Waals surface area contributed by atoms with E-state index >= 15 is 8.78 Å². The van der Waals surface area contributed by atoms with Crippen LogP contribution in [0, 0.1) is 34.3 Å². The molecule has 4 unspecified atom stereocenters. The highest BCUT2D eigenvalue weighted by molar-refractivity contribution is 5.90. The van der Waals surface area contributed by atoms with Crippen molar-refractivity contribution in [2.75, 3.05) is 27.2 Å². The highest BCUT2D eigenvalue weighted by Crippen LogP contribution is 2.42. The van der Waals surface area contributed by atoms with Gasteiger partial charge in [0.15, 0.2) is 5.78 Å². The third kappa shape index (κ3) is 14.4. The first-order valence-corrected chi connectivity index (χ1v) is 23.8. The highest BCUT2D eigenvalue weighted by Gasteiger charge is 2.57. The van der Waals surface area contributed by atoms with Crippen LogP contribution < -0.4 is 16.0 Å². The number of amides is 4. The molecule has 0 saturated carbocycles. The zero-order valence-electron chi connectivity index (χ0n) is 42.9. The van der Waals surface area contributed by atoms with Crippen molar-refractivity contribution in [2.45, 2.75) is 96.9 Å². The lowest BCUT2D eigenvalue weighted by Crippen LogP contribution is -2.62. The lowest BCUT2D eigenvalue weighted by Gasteiger charge is -2.37. The normalized spacial score (nSPS) is 14.7. The van der Waals surface area contributed by atoms with E-state index in [1.807, 2.05) is 5.32 Å². The summed E-state index contributed by atoms with van der Waals surface area (Å²) in [7, 11) is 2.49. The molecule has 0 radical (unpaired) electrons. The van der Waals surface area contributed by atoms with Crippen molar-refractivity contribution in [3.63, 3.8) is 0 Å². The maximum Gasteiger partial charge on any atom is 0.407 e. The molecule has 0 spiro atoms. The Labute approximate surface area is 444 Å². The van der Waals surface area contributed by atoms with Crippen LogP contribution in [0.5, 0.6) is 0 Å². The van der Waals surface area contributed by atoms with Crippen molar-refractivity contribution in [2.24, 2.45) is 10.8 Å². The fourth-order valence-corrected chi connectivity index (χ4v) is 8.30. The number of Topliss-reactive ketones (excluding diaryl/α,β-unsaturated/α-hetero) is 1. The van der Waals surface area contributed by atoms with Gasteiger partial charge >= 0.3 is 31.1 Å². The lowest BCUT2D eigenvalue weighted by molar-refractivity contribution is -0.221. The van der Waals surface area contributed by atoms with Crippen molar-refractivity contribution >= 4 is 29.8 Å². The molecule has 17 nitrogen and oxygen atoms in total. The van der Waals surface area contributed by atoms with Gasteiger partial charge in [0.1, 0.15) is 36.1 Å². The van der Waals surface area contributed by atoms with Crippen LogP contribution in [-0.4, -0.2) is 133 Å². The summed E-state index contributed by atoms with van der Waals surface area (Å²) >= 11 is 0. The number of rotatable bonds is 19. The number of ether oxygens (including phenoxy) is 1. The third-order valence-electron chi connectivity index (χ3n) is 13.4. The minimum atomic E-state index is -5.25. The van der Waals surface area contributed by atoms with Crippen molar-refractivity contribution < 1.29 is 82.8 Å². The summed E-state index contributed by atoms with van der Waals surface area (Å²) in [6, 6.07) is 8.52. The molecule has 0 saturated heterocycles. The van der Waals surface area contributed by atoms with Crippen LogP contribution in [0.3, 0.4) is 0 Å². The molecule has 1 aliphatic heterocycles. The monoisotopic (exact) mass is 1120 g/mol. The van der Waals surface area contributed by atoms with Crippen LogP contribution in [0.25, 0.3) is 22.5 Å². The number of carbonyl (C=O) groups excluding carboxylic acids is 4. The second kappa shape index (κ2) is 23.9. The first kappa shape index (κ1) is 60.2. The van der Waals surface area contributed by atoms with Crippen LogP contribution in [0.1, 0.15) is 62.3 Å². The fourth-order valence-electron chi connectivity index (χ4n) is 8.30. The Morgan fingerprint density at radius 1 is 0.797 bits per heavy atom. The van der Waals surface area contributed by atoms with Gasteiger partial charge in [0.25, 0.3) is 0 Å². The number of imidazole rings is 1. The molecule has 27 heteroatoms. The third-order valence-corrected chi connectivity index (χ3v) is 13.4. The zero-order chi connectivity index (χ0) is 58.5. The van der Waals surface area contributed by atoms with Gasteiger partial charge in [0, 0.05) is 60.3 Å². The highest BCUT2D eigenvalue weighted by atomic mass is 19.4. The van der Waals surface area contributed by atoms with E-state index in [0.29, 0.717) is 68.1 Å². The molecule has 4 amide bonds. The van der Waals surface area contributed by atoms with E-state index in [4.69, 9.17) is 0 Å². The molecule has 5 aromatic rings. The zero-order valence-corrected chi connectivity index (χ0v) is 42.9. The van der Waals surface area contributed by atoms with E-state index in [2.05, 4.69) is 32.0 Å². The Hall–Kier alpha value is -7.99. The van der Waals surface area contributed by atoms with Gasteiger partial charge in [0.05, 0.1) is 54.6 Å². The van der Waals surface area contributed by atoms with Crippen LogP contribution >= 0.6 is 0 Å². The fraction of sp³-hybridized carbons (Fsp3) is 0.404. The van der Waals surface area contributed by atoms with E-state index in [-0.39, 0.29) is 34.0 Å². The van der Waals surface area contributed by atoms with Crippen LogP contribution in [-0.2, 0) is 45.2 Å². The Morgan fingerprint density at radius 3 is 1.90 bits per heavy atom. The van der Waals surface area contributed by atoms with Crippen LogP contribution in [0.4, 0.5) is 53.5 Å². The number of alkyl carbamates (subject to hydrolysis) is 1. The Morgan fingerprint density at radius 2 is 1.37 bits per heavy atom. The van der Waals surface area contributed by atoms with Crippen molar-refractivity contribution in [1.82, 2.24) is 45.1 Å². The number of nitrogens with zero attached hydrogens (tertiary/aromatic N) is 6. The molecular formula is C52H53F10N9O8. The minimum absolute atomic E-state index is 0.0530. The summed E-state index contributed by atoms with van der Waals surface area (Å²) in [5.74, 6) is 0.717. The number of aliphatic hydroxyl groups excluding tert-OH is 1. The average molecular weight is 1120 g/mol. The van der Waals surface area contributed by atoms with Crippen molar-refractivity contribution in [1.29, 1.82) is 0 Å². The van der Waals surface area contributed by atoms with E-state index < -0.39 is 121 Å². The van der Waals surface area contributed by atoms with E-state index in [1.165, 1.54) is 29.6 Å². The molecule has 5 N–H and O–H groups in total. The molecule has 0 bridgehead atoms. The smallest absolute Gasteiger partial charge is 0.407 e. The molecule has 3 aromatic carbocycles. The largest absolute Gasteiger partial charge is 0.465 e. The number of aliphatic hydroxyl groups is 1. The number of halogens is 10. The standard InChI is InChI=1S/C52H53F10N9O8/c1-49(2,51(57,58)59)43(65-47(76)77)40(73)25-69(22-33-34(53)20-32(21-35(33)54)36-17-18-71(67-36)46(55)56)24-39(72)37(64-45(75)44(66-48(78)79-6)50(3,4)52(60,61)62)19-30-11-9-28(10-12-30)7-8-29-13-15-31(16-14-29)38-23-70-27-42(74)68(5)26-41(70)63-38/h9-18,20-21,23,37,39,43-44,46,65,72H,19,22,24-27H2,1-6H3,(H,64,75)(H,66,78)(H,76,77). The molecule has 1 aliphatic rings. The first-order valence-electron chi connectivity index (χ1n) is 23.8. The minimum Gasteiger partial charge on any atom is -0.465 e. The van der Waals surface area contributed by atoms with Gasteiger partial charge in [-0.05, 0) is 82.1 Å². The average Bonchev–Trinajstić information content (AvgIpc) is 4.04. The van der Waals surface area contributed by atoms with Gasteiger partial charge in [0.2, 0.25) is 11.8 Å². The number of alkyl halides is 8. The first-order chi connectivity index (χ1) is 36.8. The van der Waals surface area contributed by atoms with E-state index in [0.717, 1.165) is 30.8 Å². The topological polar surface area (TPSA) is 213 Å². The number of hydrogen-bond acceptors (Lipinski definition) is 10. The molecule has 6 rings (SSSR count). The predicted octanol–water partition coefficient (Wildman–Crippen LogP) is 7.46. The van der Waals surface area contributed by atoms with Crippen LogP contribution in [0.15, 0.2) is 79.1 Å². The SMILES string of the molecule is COC(=O)NC(C(=O)NC(Cc1ccc(C#Cc2ccc(-c3cn4c(n3)CN(C)C(=O)C4)cc2)cc1)C(O)CN(CC(=O)C(NC(=O)O)C(C)(C)C(F)(F)F)Cc1c(F)cc(-c2ccn(C(F)F)n2)cc1F)C(C)(C)C(F)(F)F. The molecule has 4 atom stereocenters. The van der Waals surface area contributed by atoms with Gasteiger partial charge in [-0.1, -0.05) is 36.1 Å². The molecule has 3 heterocycles. The maximum atomic E-state index is 16.0. The number of carboxylic acid groups (broad SMARTS) is 1. The van der Waals surface area contributed by atoms with E-state index in [9.17, 15) is 69.3 Å². The molecule has 0 fully saturated rings. The number of methoxy groups -OCH3 is 1. The van der Waals surface area contributed by atoms with Crippen molar-refractivity contribution in [3.8, 4) is 34.4 Å². The molecule has 2 aromatic heterocycles. The lowest BCUT2D eigenvalue weighted by atomic mass is 9.81. The number of aromatic nitrogens is 4. The van der Waals surface area contributed by atoms with Gasteiger partial charge in [-0.3, -0.25) is 19.3 Å². The summed E-state index contributed by atoms with van der Waals surface area (Å²) in [6.07, 6.45) is -14.0. The summed E-state index contributed by atoms with van der Waals surface area (Å²) < 4.78 is 152. The van der Waals surface area contributed by atoms with Crippen molar-refractivity contribution in [3.05, 3.63) is 119 Å². The maximum absolute atomic E-state index is 16.0. The summed E-state index contributed by atoms with van der Waals surface area (Å²) in [5.41, 5.74) is -5.11. The van der Waals surface area contributed by atoms with Crippen LogP contribution in [0.2, 0.25) is 0 Å². The molecular weight excluding hydrogens is 1070 g/mol. The number of benzene rings is 3. The summed E-state index contributed by atoms with van der Waals surface area (Å²) in [6.45, 7) is -3.91. The molecule has 424 valence electrons. The Balaban J connectivity index is 1.34. The number of nitrogens with one attached hydrogen (secondary N) is 3. The quantitative estimate of drug-likeness (QED) is 0.0405. The summed E-state index contributed by atoms with van der Waals surface area (Å²) in [4.78, 5) is 71.2. The number of ketones is 1. The number of hydrogen-bond donors (Lipinski definition) is 5. The van der Waals surface area contributed by atoms with Gasteiger partial charge < -0.3 is 40.4 Å². The predicted molar refractivity (Wildman–Crippen MR) is 261 cm³/mol. The Kier molecular flexibility index (Phi) is 18.3. The van der Waals surface area contributed by atoms with Gasteiger partial charge in [-0.25, -0.2) is 28.0 Å². The number of carbonyl (C=O) groups is 5. The number of likely N-dealkylation sites (N-methyl/N-ethyl adjacent to an activating group) is 1.